The Balaban J connectivity index is 1.86. The van der Waals surface area contributed by atoms with Crippen LogP contribution in [-0.2, 0) is 0 Å². The number of hydrogen-bond acceptors (Lipinski definition) is 1. The number of hydrogen-bond donors (Lipinski definition) is 0. The molecule has 0 N–H and O–H groups in total. The highest BCUT2D eigenvalue weighted by Crippen LogP contribution is 2.45. The molecule has 1 saturated carbocycles. The molecule has 0 aromatic heterocycles. The summed E-state index contributed by atoms with van der Waals surface area (Å²) in [4.78, 5) is 0. The van der Waals surface area contributed by atoms with Crippen LogP contribution in [0.25, 0.3) is 0 Å². The average molecular weight is 274 g/mol. The first-order valence-corrected chi connectivity index (χ1v) is 8.31. The molecular weight excluding hydrogens is 244 g/mol. The van der Waals surface area contributed by atoms with Gasteiger partial charge >= 0.3 is 0 Å². The first-order chi connectivity index (χ1) is 9.67. The minimum atomic E-state index is 0.609. The van der Waals surface area contributed by atoms with Crippen LogP contribution in [0.5, 0.6) is 5.75 Å². The second-order valence-electron chi connectivity index (χ2n) is 6.82. The van der Waals surface area contributed by atoms with Crippen molar-refractivity contribution in [1.29, 1.82) is 0 Å². The van der Waals surface area contributed by atoms with Crippen molar-refractivity contribution in [1.82, 2.24) is 0 Å². The maximum absolute atomic E-state index is 5.24. The van der Waals surface area contributed by atoms with Gasteiger partial charge in [0.2, 0.25) is 0 Å². The van der Waals surface area contributed by atoms with Gasteiger partial charge < -0.3 is 4.74 Å². The predicted octanol–water partition coefficient (Wildman–Crippen LogP) is 5.94. The summed E-state index contributed by atoms with van der Waals surface area (Å²) in [7, 11) is 1.73. The Kier molecular flexibility index (Phi) is 5.51. The van der Waals surface area contributed by atoms with Crippen molar-refractivity contribution in [3.63, 3.8) is 0 Å². The Morgan fingerprint density at radius 1 is 1.10 bits per heavy atom. The summed E-state index contributed by atoms with van der Waals surface area (Å²) in [5.74, 6) is 1.73. The van der Waals surface area contributed by atoms with E-state index in [1.807, 2.05) is 0 Å². The van der Waals surface area contributed by atoms with Gasteiger partial charge in [-0.15, -0.1) is 0 Å². The third kappa shape index (κ3) is 4.01. The van der Waals surface area contributed by atoms with Crippen molar-refractivity contribution in [2.24, 2.45) is 5.41 Å². The fourth-order valence-corrected chi connectivity index (χ4v) is 3.58. The van der Waals surface area contributed by atoms with Gasteiger partial charge in [-0.2, -0.15) is 0 Å². The van der Waals surface area contributed by atoms with Gasteiger partial charge in [0, 0.05) is 0 Å². The van der Waals surface area contributed by atoms with Crippen LogP contribution in [0.3, 0.4) is 0 Å². The summed E-state index contributed by atoms with van der Waals surface area (Å²) in [6.07, 6.45) is 11.1. The quantitative estimate of drug-likeness (QED) is 0.583. The molecule has 0 spiro atoms. The fourth-order valence-electron chi connectivity index (χ4n) is 3.58. The maximum atomic E-state index is 5.24. The fraction of sp³-hybridized carbons (Fsp3) is 0.684. The number of unbranched alkanes of at least 4 members (excludes halogenated alkanes) is 2. The largest absolute Gasteiger partial charge is 0.497 e. The molecule has 1 aliphatic carbocycles. The van der Waals surface area contributed by atoms with Gasteiger partial charge in [0.25, 0.3) is 0 Å². The molecule has 1 aromatic rings. The maximum Gasteiger partial charge on any atom is 0.118 e. The van der Waals surface area contributed by atoms with Crippen molar-refractivity contribution in [3.05, 3.63) is 29.8 Å². The van der Waals surface area contributed by atoms with Crippen LogP contribution >= 0.6 is 0 Å². The lowest BCUT2D eigenvalue weighted by Crippen LogP contribution is -2.23. The summed E-state index contributed by atoms with van der Waals surface area (Å²) in [5.41, 5.74) is 2.11. The number of benzene rings is 1. The molecule has 112 valence electrons. The van der Waals surface area contributed by atoms with Crippen LogP contribution < -0.4 is 4.74 Å². The molecule has 1 nitrogen and oxygen atoms in total. The highest BCUT2D eigenvalue weighted by Gasteiger charge is 2.30. The van der Waals surface area contributed by atoms with Crippen LogP contribution in [-0.4, -0.2) is 7.11 Å². The van der Waals surface area contributed by atoms with E-state index < -0.39 is 0 Å². The van der Waals surface area contributed by atoms with Gasteiger partial charge in [0.15, 0.2) is 0 Å². The molecule has 0 amide bonds. The lowest BCUT2D eigenvalue weighted by molar-refractivity contribution is 0.178. The molecule has 0 aliphatic heterocycles. The van der Waals surface area contributed by atoms with Crippen molar-refractivity contribution in [2.45, 2.75) is 71.1 Å². The Morgan fingerprint density at radius 3 is 2.30 bits per heavy atom. The van der Waals surface area contributed by atoms with E-state index in [2.05, 4.69) is 38.1 Å². The zero-order valence-electron chi connectivity index (χ0n) is 13.5. The Labute approximate surface area is 124 Å². The molecule has 0 unspecified atom stereocenters. The normalized spacial score (nSPS) is 26.4. The van der Waals surface area contributed by atoms with E-state index in [0.29, 0.717) is 5.41 Å². The first-order valence-electron chi connectivity index (χ1n) is 8.31. The molecule has 20 heavy (non-hydrogen) atoms. The summed E-state index contributed by atoms with van der Waals surface area (Å²) < 4.78 is 5.24. The van der Waals surface area contributed by atoms with E-state index in [1.54, 1.807) is 7.11 Å². The van der Waals surface area contributed by atoms with Gasteiger partial charge in [0.05, 0.1) is 7.11 Å². The molecule has 0 heterocycles. The summed E-state index contributed by atoms with van der Waals surface area (Å²) in [5, 5.41) is 0. The zero-order valence-corrected chi connectivity index (χ0v) is 13.5. The van der Waals surface area contributed by atoms with Gasteiger partial charge in [0.1, 0.15) is 5.75 Å². The summed E-state index contributed by atoms with van der Waals surface area (Å²) >= 11 is 0. The third-order valence-corrected chi connectivity index (χ3v) is 5.16. The SMILES string of the molecule is CCCCCC1(C)CCC(c2ccc(OC)cc2)CC1. The van der Waals surface area contributed by atoms with Gasteiger partial charge in [-0.3, -0.25) is 0 Å². The highest BCUT2D eigenvalue weighted by molar-refractivity contribution is 5.29. The van der Waals surface area contributed by atoms with Gasteiger partial charge in [-0.1, -0.05) is 45.2 Å². The van der Waals surface area contributed by atoms with Crippen molar-refractivity contribution < 1.29 is 4.74 Å². The Morgan fingerprint density at radius 2 is 1.75 bits per heavy atom. The Bertz CT molecular complexity index is 385. The summed E-state index contributed by atoms with van der Waals surface area (Å²) in [6, 6.07) is 8.71. The summed E-state index contributed by atoms with van der Waals surface area (Å²) in [6.45, 7) is 4.80. The van der Waals surface area contributed by atoms with Crippen LogP contribution in [0.15, 0.2) is 24.3 Å². The molecule has 2 rings (SSSR count). The molecule has 0 radical (unpaired) electrons. The van der Waals surface area contributed by atoms with Crippen molar-refractivity contribution in [3.8, 4) is 5.75 Å². The number of methoxy groups -OCH3 is 1. The van der Waals surface area contributed by atoms with Crippen LogP contribution in [0.4, 0.5) is 0 Å². The lowest BCUT2D eigenvalue weighted by Gasteiger charge is -2.38. The Hall–Kier alpha value is -0.980. The monoisotopic (exact) mass is 274 g/mol. The second-order valence-corrected chi connectivity index (χ2v) is 6.82. The van der Waals surface area contributed by atoms with Gasteiger partial charge in [-0.25, -0.2) is 0 Å². The molecular formula is C19H30O. The molecule has 1 heteroatoms. The molecule has 0 bridgehead atoms. The van der Waals surface area contributed by atoms with Crippen molar-refractivity contribution in [2.75, 3.05) is 7.11 Å². The van der Waals surface area contributed by atoms with E-state index in [9.17, 15) is 0 Å². The topological polar surface area (TPSA) is 9.23 Å². The van der Waals surface area contributed by atoms with Crippen LogP contribution in [0, 0.1) is 5.41 Å². The van der Waals surface area contributed by atoms with Gasteiger partial charge in [-0.05, 0) is 61.1 Å². The standard InChI is InChI=1S/C19H30O/c1-4-5-6-13-19(2)14-11-17(12-15-19)16-7-9-18(20-3)10-8-16/h7-10,17H,4-6,11-15H2,1-3H3. The van der Waals surface area contributed by atoms with Crippen LogP contribution in [0.1, 0.15) is 76.7 Å². The molecule has 1 fully saturated rings. The lowest BCUT2D eigenvalue weighted by atomic mass is 9.68. The average Bonchev–Trinajstić information content (AvgIpc) is 2.48. The number of rotatable bonds is 6. The van der Waals surface area contributed by atoms with E-state index >= 15 is 0 Å². The molecule has 0 atom stereocenters. The van der Waals surface area contributed by atoms with E-state index in [-0.39, 0.29) is 0 Å². The zero-order chi connectivity index (χ0) is 14.4. The second kappa shape index (κ2) is 7.15. The predicted molar refractivity (Wildman–Crippen MR) is 86.5 cm³/mol. The highest BCUT2D eigenvalue weighted by atomic mass is 16.5. The van der Waals surface area contributed by atoms with E-state index in [1.165, 1.54) is 56.9 Å². The number of ether oxygens (including phenoxy) is 1. The smallest absolute Gasteiger partial charge is 0.118 e. The van der Waals surface area contributed by atoms with Crippen LogP contribution in [0.2, 0.25) is 0 Å². The third-order valence-electron chi connectivity index (χ3n) is 5.16. The van der Waals surface area contributed by atoms with Crippen molar-refractivity contribution >= 4 is 0 Å². The molecule has 1 aliphatic rings. The minimum absolute atomic E-state index is 0.609. The molecule has 0 saturated heterocycles. The molecule has 1 aromatic carbocycles. The first kappa shape index (κ1) is 15.4. The van der Waals surface area contributed by atoms with E-state index in [0.717, 1.165) is 11.7 Å². The van der Waals surface area contributed by atoms with E-state index in [4.69, 9.17) is 4.74 Å². The minimum Gasteiger partial charge on any atom is -0.497 e.